The van der Waals surface area contributed by atoms with Crippen LogP contribution in [0.3, 0.4) is 0 Å². The van der Waals surface area contributed by atoms with Crippen LogP contribution in [0.1, 0.15) is 12.5 Å². The summed E-state index contributed by atoms with van der Waals surface area (Å²) in [7, 11) is 1.58. The van der Waals surface area contributed by atoms with Gasteiger partial charge < -0.3 is 14.8 Å². The number of ether oxygens (including phenoxy) is 2. The molecule has 0 aliphatic rings. The number of anilines is 1. The van der Waals surface area contributed by atoms with E-state index in [-0.39, 0.29) is 12.5 Å². The molecule has 2 aromatic rings. The van der Waals surface area contributed by atoms with Crippen molar-refractivity contribution in [2.24, 2.45) is 5.10 Å². The molecule has 1 amide bonds. The minimum atomic E-state index is -0.229. The lowest BCUT2D eigenvalue weighted by Gasteiger charge is -2.09. The molecule has 0 saturated carbocycles. The zero-order valence-corrected chi connectivity index (χ0v) is 16.2. The van der Waals surface area contributed by atoms with E-state index in [1.807, 2.05) is 43.3 Å². The predicted octanol–water partition coefficient (Wildman–Crippen LogP) is 3.26. The highest BCUT2D eigenvalue weighted by atomic mass is 127. The molecule has 7 heteroatoms. The SMILES string of the molecule is CCOc1ccc(/C=N\NC(=O)CNc2ccc(I)cc2)cc1OC. The summed E-state index contributed by atoms with van der Waals surface area (Å²) in [5.41, 5.74) is 4.17. The highest BCUT2D eigenvalue weighted by Crippen LogP contribution is 2.27. The van der Waals surface area contributed by atoms with Gasteiger partial charge in [0, 0.05) is 9.26 Å². The number of nitrogens with one attached hydrogen (secondary N) is 2. The minimum Gasteiger partial charge on any atom is -0.493 e. The van der Waals surface area contributed by atoms with Gasteiger partial charge in [-0.25, -0.2) is 5.43 Å². The number of nitrogens with zero attached hydrogens (tertiary/aromatic N) is 1. The fraction of sp³-hybridized carbons (Fsp3) is 0.222. The molecule has 0 aliphatic carbocycles. The molecule has 0 spiro atoms. The molecule has 2 aromatic carbocycles. The fourth-order valence-corrected chi connectivity index (χ4v) is 2.37. The number of hydrogen-bond donors (Lipinski definition) is 2. The van der Waals surface area contributed by atoms with E-state index in [1.54, 1.807) is 19.4 Å². The van der Waals surface area contributed by atoms with Crippen molar-refractivity contribution >= 4 is 40.4 Å². The number of rotatable bonds is 8. The first-order valence-electron chi connectivity index (χ1n) is 7.74. The van der Waals surface area contributed by atoms with E-state index in [0.29, 0.717) is 18.1 Å². The number of carbonyl (C=O) groups excluding carboxylic acids is 1. The molecular formula is C18H20IN3O3. The molecule has 25 heavy (non-hydrogen) atoms. The Labute approximate surface area is 160 Å². The van der Waals surface area contributed by atoms with Crippen LogP contribution in [0.2, 0.25) is 0 Å². The molecule has 0 radical (unpaired) electrons. The second-order valence-electron chi connectivity index (χ2n) is 5.00. The van der Waals surface area contributed by atoms with Crippen LogP contribution in [0.4, 0.5) is 5.69 Å². The number of hydrazone groups is 1. The van der Waals surface area contributed by atoms with Crippen molar-refractivity contribution in [3.8, 4) is 11.5 Å². The quantitative estimate of drug-likeness (QED) is 0.366. The van der Waals surface area contributed by atoms with Gasteiger partial charge in [0.1, 0.15) is 0 Å². The fourth-order valence-electron chi connectivity index (χ4n) is 2.01. The average Bonchev–Trinajstić information content (AvgIpc) is 2.62. The van der Waals surface area contributed by atoms with E-state index < -0.39 is 0 Å². The molecule has 0 bridgehead atoms. The van der Waals surface area contributed by atoms with Gasteiger partial charge in [0.2, 0.25) is 0 Å². The molecule has 2 rings (SSSR count). The molecule has 0 heterocycles. The Morgan fingerprint density at radius 3 is 2.64 bits per heavy atom. The van der Waals surface area contributed by atoms with Crippen molar-refractivity contribution in [2.75, 3.05) is 25.6 Å². The Morgan fingerprint density at radius 1 is 1.20 bits per heavy atom. The molecule has 0 atom stereocenters. The summed E-state index contributed by atoms with van der Waals surface area (Å²) in [4.78, 5) is 11.8. The van der Waals surface area contributed by atoms with Gasteiger partial charge in [-0.2, -0.15) is 5.10 Å². The maximum Gasteiger partial charge on any atom is 0.259 e. The average molecular weight is 453 g/mol. The standard InChI is InChI=1S/C18H20IN3O3/c1-3-25-16-9-4-13(10-17(16)24-2)11-21-22-18(23)12-20-15-7-5-14(19)6-8-15/h4-11,20H,3,12H2,1-2H3,(H,22,23)/b21-11-. The number of carbonyl (C=O) groups is 1. The third-order valence-corrected chi connectivity index (χ3v) is 3.91. The number of amides is 1. The third kappa shape index (κ3) is 6.26. The minimum absolute atomic E-state index is 0.143. The Balaban J connectivity index is 1.85. The van der Waals surface area contributed by atoms with Crippen LogP contribution >= 0.6 is 22.6 Å². The largest absolute Gasteiger partial charge is 0.493 e. The number of hydrogen-bond acceptors (Lipinski definition) is 5. The van der Waals surface area contributed by atoms with Gasteiger partial charge in [0.25, 0.3) is 5.91 Å². The van der Waals surface area contributed by atoms with E-state index in [2.05, 4.69) is 38.4 Å². The first kappa shape index (κ1) is 19.0. The third-order valence-electron chi connectivity index (χ3n) is 3.19. The van der Waals surface area contributed by atoms with Crippen molar-refractivity contribution in [2.45, 2.75) is 6.92 Å². The summed E-state index contributed by atoms with van der Waals surface area (Å²) in [5, 5.41) is 6.99. The lowest BCUT2D eigenvalue weighted by molar-refractivity contribution is -0.119. The highest BCUT2D eigenvalue weighted by molar-refractivity contribution is 14.1. The van der Waals surface area contributed by atoms with Gasteiger partial charge in [-0.3, -0.25) is 4.79 Å². The van der Waals surface area contributed by atoms with Crippen LogP contribution in [0.15, 0.2) is 47.6 Å². The van der Waals surface area contributed by atoms with Crippen LogP contribution in [-0.2, 0) is 4.79 Å². The van der Waals surface area contributed by atoms with Gasteiger partial charge >= 0.3 is 0 Å². The van der Waals surface area contributed by atoms with E-state index in [0.717, 1.165) is 14.8 Å². The summed E-state index contributed by atoms with van der Waals surface area (Å²) < 4.78 is 11.9. The molecule has 0 aliphatic heterocycles. The topological polar surface area (TPSA) is 72.0 Å². The second-order valence-corrected chi connectivity index (χ2v) is 6.24. The van der Waals surface area contributed by atoms with Gasteiger partial charge in [-0.1, -0.05) is 0 Å². The van der Waals surface area contributed by atoms with Crippen LogP contribution in [-0.4, -0.2) is 32.4 Å². The summed E-state index contributed by atoms with van der Waals surface area (Å²) in [5.74, 6) is 1.07. The Kier molecular flexibility index (Phi) is 7.52. The monoisotopic (exact) mass is 453 g/mol. The van der Waals surface area contributed by atoms with E-state index in [1.165, 1.54) is 0 Å². The lowest BCUT2D eigenvalue weighted by Crippen LogP contribution is -2.25. The van der Waals surface area contributed by atoms with Crippen molar-refractivity contribution < 1.29 is 14.3 Å². The number of methoxy groups -OCH3 is 1. The van der Waals surface area contributed by atoms with Gasteiger partial charge in [-0.05, 0) is 77.5 Å². The molecule has 0 fully saturated rings. The molecule has 2 N–H and O–H groups in total. The normalized spacial score (nSPS) is 10.5. The highest BCUT2D eigenvalue weighted by Gasteiger charge is 2.04. The van der Waals surface area contributed by atoms with E-state index in [4.69, 9.17) is 9.47 Å². The molecule has 0 saturated heterocycles. The van der Waals surface area contributed by atoms with Crippen molar-refractivity contribution in [1.29, 1.82) is 0 Å². The maximum absolute atomic E-state index is 11.8. The van der Waals surface area contributed by atoms with Crippen molar-refractivity contribution in [3.63, 3.8) is 0 Å². The van der Waals surface area contributed by atoms with Crippen LogP contribution < -0.4 is 20.2 Å². The number of halogens is 1. The van der Waals surface area contributed by atoms with Gasteiger partial charge in [-0.15, -0.1) is 0 Å². The Hall–Kier alpha value is -2.29. The van der Waals surface area contributed by atoms with Crippen molar-refractivity contribution in [3.05, 3.63) is 51.6 Å². The molecular weight excluding hydrogens is 433 g/mol. The van der Waals surface area contributed by atoms with Crippen LogP contribution in [0, 0.1) is 3.57 Å². The van der Waals surface area contributed by atoms with Gasteiger partial charge in [0.15, 0.2) is 11.5 Å². The molecule has 132 valence electrons. The summed E-state index contributed by atoms with van der Waals surface area (Å²) >= 11 is 2.23. The van der Waals surface area contributed by atoms with Gasteiger partial charge in [0.05, 0.1) is 26.5 Å². The zero-order valence-electron chi connectivity index (χ0n) is 14.1. The first-order valence-corrected chi connectivity index (χ1v) is 8.82. The second kappa shape index (κ2) is 9.87. The van der Waals surface area contributed by atoms with E-state index in [9.17, 15) is 4.79 Å². The summed E-state index contributed by atoms with van der Waals surface area (Å²) in [6, 6.07) is 13.2. The van der Waals surface area contributed by atoms with E-state index >= 15 is 0 Å². The Morgan fingerprint density at radius 2 is 1.96 bits per heavy atom. The zero-order chi connectivity index (χ0) is 18.1. The lowest BCUT2D eigenvalue weighted by atomic mass is 10.2. The smallest absolute Gasteiger partial charge is 0.259 e. The Bertz CT molecular complexity index is 733. The summed E-state index contributed by atoms with van der Waals surface area (Å²) in [6.45, 7) is 2.62. The number of benzene rings is 2. The molecule has 6 nitrogen and oxygen atoms in total. The maximum atomic E-state index is 11.8. The van der Waals surface area contributed by atoms with Crippen molar-refractivity contribution in [1.82, 2.24) is 5.43 Å². The summed E-state index contributed by atoms with van der Waals surface area (Å²) in [6.07, 6.45) is 1.56. The van der Waals surface area contributed by atoms with Crippen LogP contribution in [0.5, 0.6) is 11.5 Å². The van der Waals surface area contributed by atoms with Crippen LogP contribution in [0.25, 0.3) is 0 Å². The first-order chi connectivity index (χ1) is 12.1. The molecule has 0 aromatic heterocycles. The predicted molar refractivity (Wildman–Crippen MR) is 108 cm³/mol. The molecule has 0 unspecified atom stereocenters.